The maximum absolute atomic E-state index is 6.01. The molecule has 20 heavy (non-hydrogen) atoms. The van der Waals surface area contributed by atoms with Crippen LogP contribution in [0, 0.1) is 0 Å². The van der Waals surface area contributed by atoms with E-state index in [9.17, 15) is 0 Å². The lowest BCUT2D eigenvalue weighted by atomic mass is 10.1. The van der Waals surface area contributed by atoms with Gasteiger partial charge in [-0.2, -0.15) is 0 Å². The number of likely N-dealkylation sites (tertiary alicyclic amines) is 1. The lowest BCUT2D eigenvalue weighted by molar-refractivity contribution is 0.179. The summed E-state index contributed by atoms with van der Waals surface area (Å²) >= 11 is 3.50. The van der Waals surface area contributed by atoms with Gasteiger partial charge in [0.25, 0.3) is 0 Å². The SMILES string of the molecule is CCN1CCCC1COc1ccc2cc(Br)ccc2c1. The Morgan fingerprint density at radius 1 is 1.20 bits per heavy atom. The van der Waals surface area contributed by atoms with Gasteiger partial charge < -0.3 is 4.74 Å². The van der Waals surface area contributed by atoms with E-state index in [-0.39, 0.29) is 0 Å². The maximum atomic E-state index is 6.01. The number of hydrogen-bond acceptors (Lipinski definition) is 2. The number of halogens is 1. The van der Waals surface area contributed by atoms with E-state index in [1.165, 1.54) is 30.2 Å². The smallest absolute Gasteiger partial charge is 0.120 e. The van der Waals surface area contributed by atoms with Crippen LogP contribution in [-0.4, -0.2) is 30.6 Å². The molecule has 0 spiro atoms. The second kappa shape index (κ2) is 6.15. The minimum Gasteiger partial charge on any atom is -0.492 e. The zero-order valence-electron chi connectivity index (χ0n) is 11.8. The van der Waals surface area contributed by atoms with Crippen molar-refractivity contribution in [2.75, 3.05) is 19.7 Å². The number of nitrogens with zero attached hydrogens (tertiary/aromatic N) is 1. The van der Waals surface area contributed by atoms with Crippen LogP contribution >= 0.6 is 15.9 Å². The highest BCUT2D eigenvalue weighted by atomic mass is 79.9. The van der Waals surface area contributed by atoms with E-state index in [0.717, 1.165) is 23.4 Å². The maximum Gasteiger partial charge on any atom is 0.120 e. The topological polar surface area (TPSA) is 12.5 Å². The normalized spacial score (nSPS) is 19.6. The van der Waals surface area contributed by atoms with Crippen LogP contribution in [0.2, 0.25) is 0 Å². The van der Waals surface area contributed by atoms with E-state index >= 15 is 0 Å². The third kappa shape index (κ3) is 2.99. The molecule has 0 amide bonds. The second-order valence-corrected chi connectivity index (χ2v) is 6.30. The van der Waals surface area contributed by atoms with Gasteiger partial charge in [-0.15, -0.1) is 0 Å². The lowest BCUT2D eigenvalue weighted by Crippen LogP contribution is -2.33. The molecule has 1 fully saturated rings. The summed E-state index contributed by atoms with van der Waals surface area (Å²) in [5.74, 6) is 0.975. The van der Waals surface area contributed by atoms with Crippen molar-refractivity contribution in [3.63, 3.8) is 0 Å². The molecule has 1 aliphatic heterocycles. The minimum atomic E-state index is 0.584. The van der Waals surface area contributed by atoms with Crippen LogP contribution in [-0.2, 0) is 0 Å². The molecule has 1 atom stereocenters. The van der Waals surface area contributed by atoms with Gasteiger partial charge in [0.1, 0.15) is 12.4 Å². The highest BCUT2D eigenvalue weighted by Crippen LogP contribution is 2.25. The fraction of sp³-hybridized carbons (Fsp3) is 0.412. The van der Waals surface area contributed by atoms with Crippen molar-refractivity contribution >= 4 is 26.7 Å². The zero-order valence-corrected chi connectivity index (χ0v) is 13.4. The Kier molecular flexibility index (Phi) is 4.27. The van der Waals surface area contributed by atoms with E-state index in [2.05, 4.69) is 64.2 Å². The molecule has 1 aliphatic rings. The molecule has 2 aromatic carbocycles. The molecule has 0 radical (unpaired) electrons. The van der Waals surface area contributed by atoms with Gasteiger partial charge in [-0.25, -0.2) is 0 Å². The van der Waals surface area contributed by atoms with Crippen LogP contribution in [0.25, 0.3) is 10.8 Å². The average molecular weight is 334 g/mol. The van der Waals surface area contributed by atoms with E-state index in [1.807, 2.05) is 0 Å². The van der Waals surface area contributed by atoms with Gasteiger partial charge in [0.2, 0.25) is 0 Å². The van der Waals surface area contributed by atoms with Crippen molar-refractivity contribution in [3.8, 4) is 5.75 Å². The first-order valence-corrected chi connectivity index (χ1v) is 8.12. The van der Waals surface area contributed by atoms with Gasteiger partial charge in [-0.1, -0.05) is 35.0 Å². The highest BCUT2D eigenvalue weighted by molar-refractivity contribution is 9.10. The van der Waals surface area contributed by atoms with Crippen molar-refractivity contribution in [2.45, 2.75) is 25.8 Å². The van der Waals surface area contributed by atoms with E-state index in [4.69, 9.17) is 4.74 Å². The van der Waals surface area contributed by atoms with Crippen LogP contribution in [0.15, 0.2) is 40.9 Å². The Bertz CT molecular complexity index is 599. The molecule has 0 N–H and O–H groups in total. The van der Waals surface area contributed by atoms with Gasteiger partial charge in [0, 0.05) is 10.5 Å². The number of likely N-dealkylation sites (N-methyl/N-ethyl adjacent to an activating group) is 1. The summed E-state index contributed by atoms with van der Waals surface area (Å²) in [5, 5.41) is 2.47. The molecule has 106 valence electrons. The lowest BCUT2D eigenvalue weighted by Gasteiger charge is -2.22. The van der Waals surface area contributed by atoms with Gasteiger partial charge in [0.15, 0.2) is 0 Å². The number of benzene rings is 2. The van der Waals surface area contributed by atoms with Gasteiger partial charge >= 0.3 is 0 Å². The molecular formula is C17H20BrNO. The number of rotatable bonds is 4. The summed E-state index contributed by atoms with van der Waals surface area (Å²) in [5.41, 5.74) is 0. The predicted octanol–water partition coefficient (Wildman–Crippen LogP) is 4.47. The number of ether oxygens (including phenoxy) is 1. The summed E-state index contributed by atoms with van der Waals surface area (Å²) in [7, 11) is 0. The largest absolute Gasteiger partial charge is 0.492 e. The van der Waals surface area contributed by atoms with Crippen LogP contribution in [0.4, 0.5) is 0 Å². The van der Waals surface area contributed by atoms with E-state index in [0.29, 0.717) is 6.04 Å². The van der Waals surface area contributed by atoms with Gasteiger partial charge in [-0.3, -0.25) is 4.90 Å². The summed E-state index contributed by atoms with van der Waals surface area (Å²) in [6, 6.07) is 13.2. The second-order valence-electron chi connectivity index (χ2n) is 5.39. The molecule has 1 heterocycles. The van der Waals surface area contributed by atoms with E-state index < -0.39 is 0 Å². The zero-order chi connectivity index (χ0) is 13.9. The Balaban J connectivity index is 1.70. The monoisotopic (exact) mass is 333 g/mol. The van der Waals surface area contributed by atoms with Crippen molar-refractivity contribution in [2.24, 2.45) is 0 Å². The van der Waals surface area contributed by atoms with Gasteiger partial charge in [-0.05, 0) is 61.0 Å². The van der Waals surface area contributed by atoms with Crippen LogP contribution in [0.1, 0.15) is 19.8 Å². The third-order valence-electron chi connectivity index (χ3n) is 4.12. The van der Waals surface area contributed by atoms with Crippen LogP contribution in [0.3, 0.4) is 0 Å². The number of hydrogen-bond donors (Lipinski definition) is 0. The van der Waals surface area contributed by atoms with Gasteiger partial charge in [0.05, 0.1) is 0 Å². The molecule has 0 bridgehead atoms. The first-order valence-electron chi connectivity index (χ1n) is 7.32. The standard InChI is InChI=1S/C17H20BrNO/c1-2-19-9-3-4-16(19)12-20-17-8-6-13-10-15(18)7-5-14(13)11-17/h5-8,10-11,16H,2-4,9,12H2,1H3. The Morgan fingerprint density at radius 3 is 2.85 bits per heavy atom. The Labute approximate surface area is 128 Å². The van der Waals surface area contributed by atoms with Crippen molar-refractivity contribution in [1.29, 1.82) is 0 Å². The first kappa shape index (κ1) is 13.9. The fourth-order valence-corrected chi connectivity index (χ4v) is 3.36. The quantitative estimate of drug-likeness (QED) is 0.818. The van der Waals surface area contributed by atoms with Crippen LogP contribution < -0.4 is 4.74 Å². The third-order valence-corrected chi connectivity index (χ3v) is 4.61. The molecule has 3 rings (SSSR count). The molecule has 1 unspecified atom stereocenters. The summed E-state index contributed by atoms with van der Waals surface area (Å²) in [6.07, 6.45) is 2.56. The fourth-order valence-electron chi connectivity index (χ4n) is 2.98. The van der Waals surface area contributed by atoms with Crippen molar-refractivity contribution in [3.05, 3.63) is 40.9 Å². The van der Waals surface area contributed by atoms with Crippen molar-refractivity contribution in [1.82, 2.24) is 4.90 Å². The summed E-state index contributed by atoms with van der Waals surface area (Å²) in [6.45, 7) is 5.37. The molecule has 2 aromatic rings. The molecule has 0 saturated carbocycles. The van der Waals surface area contributed by atoms with Crippen LogP contribution in [0.5, 0.6) is 5.75 Å². The van der Waals surface area contributed by atoms with E-state index in [1.54, 1.807) is 0 Å². The number of fused-ring (bicyclic) bond motifs is 1. The Morgan fingerprint density at radius 2 is 2.00 bits per heavy atom. The minimum absolute atomic E-state index is 0.584. The highest BCUT2D eigenvalue weighted by Gasteiger charge is 2.23. The molecule has 0 aromatic heterocycles. The first-order chi connectivity index (χ1) is 9.76. The predicted molar refractivity (Wildman–Crippen MR) is 87.4 cm³/mol. The average Bonchev–Trinajstić information content (AvgIpc) is 2.92. The molecule has 2 nitrogen and oxygen atoms in total. The molecular weight excluding hydrogens is 314 g/mol. The summed E-state index contributed by atoms with van der Waals surface area (Å²) < 4.78 is 7.12. The molecule has 3 heteroatoms. The molecule has 0 aliphatic carbocycles. The molecule has 1 saturated heterocycles. The van der Waals surface area contributed by atoms with Crippen molar-refractivity contribution < 1.29 is 4.74 Å². The Hall–Kier alpha value is -1.06. The summed E-state index contributed by atoms with van der Waals surface area (Å²) in [4.78, 5) is 2.51.